The molecule has 7 nitrogen and oxygen atoms in total. The second-order valence-electron chi connectivity index (χ2n) is 6.78. The average molecular weight is 387 g/mol. The summed E-state index contributed by atoms with van der Waals surface area (Å²) in [5.41, 5.74) is 3.69. The number of aryl methyl sites for hydroxylation is 2. The van der Waals surface area contributed by atoms with E-state index in [1.807, 2.05) is 67.6 Å². The van der Waals surface area contributed by atoms with Crippen molar-refractivity contribution in [2.24, 2.45) is 0 Å². The molecule has 0 atom stereocenters. The molecule has 0 fully saturated rings. The van der Waals surface area contributed by atoms with Gasteiger partial charge in [0.1, 0.15) is 6.61 Å². The van der Waals surface area contributed by atoms with Gasteiger partial charge in [0.25, 0.3) is 0 Å². The zero-order chi connectivity index (χ0) is 20.1. The van der Waals surface area contributed by atoms with Crippen LogP contribution in [0.15, 0.2) is 60.7 Å². The Labute approximate surface area is 168 Å². The third-order valence-corrected chi connectivity index (χ3v) is 4.54. The van der Waals surface area contributed by atoms with Gasteiger partial charge in [0.15, 0.2) is 0 Å². The highest BCUT2D eigenvalue weighted by atomic mass is 16.5. The summed E-state index contributed by atoms with van der Waals surface area (Å²) in [6.45, 7) is 2.68. The van der Waals surface area contributed by atoms with Crippen LogP contribution in [0.3, 0.4) is 0 Å². The Kier molecular flexibility index (Phi) is 5.56. The zero-order valence-electron chi connectivity index (χ0n) is 16.2. The first-order chi connectivity index (χ1) is 14.2. The predicted molar refractivity (Wildman–Crippen MR) is 109 cm³/mol. The minimum Gasteiger partial charge on any atom is -0.461 e. The van der Waals surface area contributed by atoms with Crippen LogP contribution >= 0.6 is 0 Å². The van der Waals surface area contributed by atoms with Gasteiger partial charge in [-0.15, -0.1) is 10.2 Å². The fourth-order valence-corrected chi connectivity index (χ4v) is 3.15. The SMILES string of the molecule is Cc1cc(COC(=O)CCCn2nnc(-c3ccccc3)n2)c2ccccc2n1. The molecule has 0 bridgehead atoms. The van der Waals surface area contributed by atoms with E-state index in [-0.39, 0.29) is 12.6 Å². The maximum Gasteiger partial charge on any atom is 0.306 e. The number of esters is 1. The number of carbonyl (C=O) groups is 1. The molecule has 4 aromatic rings. The third-order valence-electron chi connectivity index (χ3n) is 4.54. The van der Waals surface area contributed by atoms with Crippen molar-refractivity contribution in [3.05, 3.63) is 71.9 Å². The Morgan fingerprint density at radius 3 is 2.72 bits per heavy atom. The van der Waals surface area contributed by atoms with Crippen LogP contribution in [0.25, 0.3) is 22.3 Å². The minimum absolute atomic E-state index is 0.239. The van der Waals surface area contributed by atoms with Crippen molar-refractivity contribution in [2.75, 3.05) is 0 Å². The fraction of sp³-hybridized carbons (Fsp3) is 0.227. The molecule has 0 N–H and O–H groups in total. The van der Waals surface area contributed by atoms with Crippen LogP contribution in [0.2, 0.25) is 0 Å². The van der Waals surface area contributed by atoms with E-state index < -0.39 is 0 Å². The molecule has 0 aliphatic rings. The van der Waals surface area contributed by atoms with Gasteiger partial charge in [0.05, 0.1) is 12.1 Å². The average Bonchev–Trinajstić information content (AvgIpc) is 3.21. The van der Waals surface area contributed by atoms with Crippen LogP contribution in [-0.4, -0.2) is 31.2 Å². The Morgan fingerprint density at radius 2 is 1.86 bits per heavy atom. The summed E-state index contributed by atoms with van der Waals surface area (Å²) in [7, 11) is 0. The van der Waals surface area contributed by atoms with Crippen molar-refractivity contribution in [2.45, 2.75) is 32.9 Å². The van der Waals surface area contributed by atoms with Crippen molar-refractivity contribution < 1.29 is 9.53 Å². The van der Waals surface area contributed by atoms with Crippen LogP contribution in [0.1, 0.15) is 24.1 Å². The fourth-order valence-electron chi connectivity index (χ4n) is 3.15. The van der Waals surface area contributed by atoms with E-state index in [2.05, 4.69) is 20.4 Å². The van der Waals surface area contributed by atoms with Crippen molar-refractivity contribution >= 4 is 16.9 Å². The molecule has 2 aromatic carbocycles. The van der Waals surface area contributed by atoms with Gasteiger partial charge >= 0.3 is 5.97 Å². The standard InChI is InChI=1S/C22H21N5O2/c1-16-14-18(19-10-5-6-11-20(19)23-16)15-29-21(28)12-7-13-27-25-22(24-26-27)17-8-3-2-4-9-17/h2-6,8-11,14H,7,12-13,15H2,1H3. The van der Waals surface area contributed by atoms with Gasteiger partial charge in [-0.25, -0.2) is 0 Å². The van der Waals surface area contributed by atoms with Crippen LogP contribution in [0.5, 0.6) is 0 Å². The lowest BCUT2D eigenvalue weighted by Crippen LogP contribution is -2.09. The number of carbonyl (C=O) groups excluding carboxylic acids is 1. The topological polar surface area (TPSA) is 82.8 Å². The number of hydrogen-bond acceptors (Lipinski definition) is 6. The molecule has 0 amide bonds. The summed E-state index contributed by atoms with van der Waals surface area (Å²) >= 11 is 0. The quantitative estimate of drug-likeness (QED) is 0.450. The molecular weight excluding hydrogens is 366 g/mol. The lowest BCUT2D eigenvalue weighted by molar-refractivity contribution is -0.145. The van der Waals surface area contributed by atoms with Gasteiger partial charge in [0.2, 0.25) is 5.82 Å². The number of ether oxygens (including phenoxy) is 1. The lowest BCUT2D eigenvalue weighted by Gasteiger charge is -2.09. The summed E-state index contributed by atoms with van der Waals surface area (Å²) in [5, 5.41) is 13.5. The van der Waals surface area contributed by atoms with Crippen molar-refractivity contribution in [1.29, 1.82) is 0 Å². The van der Waals surface area contributed by atoms with Gasteiger partial charge in [-0.3, -0.25) is 9.78 Å². The highest BCUT2D eigenvalue weighted by molar-refractivity contribution is 5.82. The molecule has 146 valence electrons. The smallest absolute Gasteiger partial charge is 0.306 e. The first-order valence-electron chi connectivity index (χ1n) is 9.53. The molecule has 4 rings (SSSR count). The molecule has 0 saturated carbocycles. The number of pyridine rings is 1. The van der Waals surface area contributed by atoms with E-state index in [0.717, 1.165) is 27.7 Å². The van der Waals surface area contributed by atoms with Crippen LogP contribution in [-0.2, 0) is 22.7 Å². The molecule has 7 heteroatoms. The number of hydrogen-bond donors (Lipinski definition) is 0. The van der Waals surface area contributed by atoms with Crippen molar-refractivity contribution in [1.82, 2.24) is 25.2 Å². The zero-order valence-corrected chi connectivity index (χ0v) is 16.2. The van der Waals surface area contributed by atoms with Crippen molar-refractivity contribution in [3.63, 3.8) is 0 Å². The van der Waals surface area contributed by atoms with Crippen LogP contribution in [0, 0.1) is 6.92 Å². The Bertz CT molecular complexity index is 1120. The molecule has 29 heavy (non-hydrogen) atoms. The maximum absolute atomic E-state index is 12.2. The Morgan fingerprint density at radius 1 is 1.07 bits per heavy atom. The van der Waals surface area contributed by atoms with Crippen LogP contribution < -0.4 is 0 Å². The molecule has 0 saturated heterocycles. The van der Waals surface area contributed by atoms with Gasteiger partial charge in [-0.05, 0) is 30.7 Å². The molecule has 0 spiro atoms. The number of nitrogens with zero attached hydrogens (tertiary/aromatic N) is 5. The van der Waals surface area contributed by atoms with E-state index in [1.54, 1.807) is 0 Å². The highest BCUT2D eigenvalue weighted by Crippen LogP contribution is 2.19. The van der Waals surface area contributed by atoms with E-state index in [4.69, 9.17) is 4.74 Å². The highest BCUT2D eigenvalue weighted by Gasteiger charge is 2.09. The first-order valence-corrected chi connectivity index (χ1v) is 9.53. The Hall–Kier alpha value is -3.61. The van der Waals surface area contributed by atoms with Gasteiger partial charge in [-0.1, -0.05) is 48.5 Å². The van der Waals surface area contributed by atoms with Gasteiger partial charge < -0.3 is 4.74 Å². The third kappa shape index (κ3) is 4.63. The molecule has 0 radical (unpaired) electrons. The molecule has 0 unspecified atom stereocenters. The van der Waals surface area contributed by atoms with Gasteiger partial charge in [-0.2, -0.15) is 4.80 Å². The number of tetrazole rings is 1. The second kappa shape index (κ2) is 8.60. The normalized spacial score (nSPS) is 10.9. The maximum atomic E-state index is 12.2. The van der Waals surface area contributed by atoms with Crippen LogP contribution in [0.4, 0.5) is 0 Å². The predicted octanol–water partition coefficient (Wildman–Crippen LogP) is 3.72. The monoisotopic (exact) mass is 387 g/mol. The summed E-state index contributed by atoms with van der Waals surface area (Å²) in [6, 6.07) is 19.5. The first kappa shape index (κ1) is 18.7. The van der Waals surface area contributed by atoms with E-state index in [9.17, 15) is 4.79 Å². The number of benzene rings is 2. The molecule has 2 heterocycles. The number of fused-ring (bicyclic) bond motifs is 1. The second-order valence-corrected chi connectivity index (χ2v) is 6.78. The summed E-state index contributed by atoms with van der Waals surface area (Å²) in [6.07, 6.45) is 0.879. The summed E-state index contributed by atoms with van der Waals surface area (Å²) < 4.78 is 5.47. The summed E-state index contributed by atoms with van der Waals surface area (Å²) in [5.74, 6) is 0.333. The molecule has 2 aromatic heterocycles. The van der Waals surface area contributed by atoms with E-state index in [1.165, 1.54) is 4.80 Å². The Balaban J connectivity index is 1.29. The molecule has 0 aliphatic heterocycles. The molecule has 0 aliphatic carbocycles. The largest absolute Gasteiger partial charge is 0.461 e. The number of rotatable bonds is 7. The summed E-state index contributed by atoms with van der Waals surface area (Å²) in [4.78, 5) is 18.2. The van der Waals surface area contributed by atoms with Gasteiger partial charge in [0, 0.05) is 28.6 Å². The number of aromatic nitrogens is 5. The van der Waals surface area contributed by atoms with Crippen molar-refractivity contribution in [3.8, 4) is 11.4 Å². The minimum atomic E-state index is -0.244. The molecular formula is C22H21N5O2. The lowest BCUT2D eigenvalue weighted by atomic mass is 10.1. The van der Waals surface area contributed by atoms with E-state index in [0.29, 0.717) is 25.2 Å². The number of para-hydroxylation sites is 1. The van der Waals surface area contributed by atoms with E-state index >= 15 is 0 Å².